The largest absolute Gasteiger partial charge is 0.380 e. The Kier molecular flexibility index (Phi) is 5.89. The standard InChI is InChI=1S/C14H29N3O/c1-16(10-11-18-12-13-2-3-13)8-9-17-6-4-14(15)5-7-17/h13-14H,2-12,15H2,1H3. The maximum atomic E-state index is 5.91. The zero-order valence-corrected chi connectivity index (χ0v) is 11.8. The first-order valence-corrected chi connectivity index (χ1v) is 7.48. The summed E-state index contributed by atoms with van der Waals surface area (Å²) in [5.41, 5.74) is 5.91. The summed E-state index contributed by atoms with van der Waals surface area (Å²) in [7, 11) is 2.19. The molecule has 1 aliphatic heterocycles. The maximum absolute atomic E-state index is 5.91. The molecule has 2 rings (SSSR count). The number of ether oxygens (including phenoxy) is 1. The van der Waals surface area contributed by atoms with E-state index >= 15 is 0 Å². The highest BCUT2D eigenvalue weighted by Crippen LogP contribution is 2.28. The number of nitrogens with two attached hydrogens (primary N) is 1. The van der Waals surface area contributed by atoms with Gasteiger partial charge in [-0.2, -0.15) is 0 Å². The molecule has 0 unspecified atom stereocenters. The molecule has 18 heavy (non-hydrogen) atoms. The fourth-order valence-electron chi connectivity index (χ4n) is 2.36. The Bertz CT molecular complexity index is 225. The second kappa shape index (κ2) is 7.43. The molecule has 1 heterocycles. The molecule has 0 radical (unpaired) electrons. The second-order valence-electron chi connectivity index (χ2n) is 6.00. The summed E-state index contributed by atoms with van der Waals surface area (Å²) in [5.74, 6) is 0.882. The first kappa shape index (κ1) is 14.3. The molecular formula is C14H29N3O. The van der Waals surface area contributed by atoms with Gasteiger partial charge in [-0.15, -0.1) is 0 Å². The zero-order chi connectivity index (χ0) is 12.8. The summed E-state index contributed by atoms with van der Waals surface area (Å²) in [6, 6.07) is 0.440. The molecule has 2 aliphatic rings. The van der Waals surface area contributed by atoms with Crippen LogP contribution in [-0.4, -0.2) is 68.8 Å². The van der Waals surface area contributed by atoms with E-state index in [1.54, 1.807) is 0 Å². The number of likely N-dealkylation sites (tertiary alicyclic amines) is 1. The van der Waals surface area contributed by atoms with Crippen molar-refractivity contribution in [1.82, 2.24) is 9.80 Å². The van der Waals surface area contributed by atoms with Gasteiger partial charge in [-0.05, 0) is 51.7 Å². The fraction of sp³-hybridized carbons (Fsp3) is 1.00. The zero-order valence-electron chi connectivity index (χ0n) is 11.8. The Balaban J connectivity index is 1.44. The Morgan fingerprint density at radius 3 is 2.56 bits per heavy atom. The van der Waals surface area contributed by atoms with Crippen molar-refractivity contribution in [3.63, 3.8) is 0 Å². The quantitative estimate of drug-likeness (QED) is 0.651. The Morgan fingerprint density at radius 1 is 1.17 bits per heavy atom. The molecule has 0 amide bonds. The van der Waals surface area contributed by atoms with E-state index in [2.05, 4.69) is 16.8 Å². The Morgan fingerprint density at radius 2 is 1.89 bits per heavy atom. The molecule has 0 bridgehead atoms. The predicted molar refractivity (Wildman–Crippen MR) is 74.7 cm³/mol. The lowest BCUT2D eigenvalue weighted by Gasteiger charge is -2.31. The van der Waals surface area contributed by atoms with E-state index < -0.39 is 0 Å². The van der Waals surface area contributed by atoms with Gasteiger partial charge < -0.3 is 20.3 Å². The highest BCUT2D eigenvalue weighted by Gasteiger charge is 2.21. The van der Waals surface area contributed by atoms with Crippen LogP contribution in [0.2, 0.25) is 0 Å². The summed E-state index contributed by atoms with van der Waals surface area (Å²) in [5, 5.41) is 0. The molecule has 0 aromatic carbocycles. The highest BCUT2D eigenvalue weighted by molar-refractivity contribution is 4.74. The number of hydrogen-bond acceptors (Lipinski definition) is 4. The third kappa shape index (κ3) is 5.65. The predicted octanol–water partition coefficient (Wildman–Crippen LogP) is 0.768. The van der Waals surface area contributed by atoms with Crippen LogP contribution in [0.5, 0.6) is 0 Å². The van der Waals surface area contributed by atoms with Crippen LogP contribution in [0.4, 0.5) is 0 Å². The molecule has 4 heteroatoms. The fourth-order valence-corrected chi connectivity index (χ4v) is 2.36. The van der Waals surface area contributed by atoms with Gasteiger partial charge in [-0.1, -0.05) is 0 Å². The topological polar surface area (TPSA) is 41.7 Å². The average molecular weight is 255 g/mol. The van der Waals surface area contributed by atoms with E-state index in [9.17, 15) is 0 Å². The van der Waals surface area contributed by atoms with Crippen LogP contribution in [-0.2, 0) is 4.74 Å². The van der Waals surface area contributed by atoms with Gasteiger partial charge in [0.25, 0.3) is 0 Å². The van der Waals surface area contributed by atoms with Crippen molar-refractivity contribution in [2.45, 2.75) is 31.7 Å². The lowest BCUT2D eigenvalue weighted by Crippen LogP contribution is -2.43. The minimum absolute atomic E-state index is 0.440. The SMILES string of the molecule is CN(CCOCC1CC1)CCN1CCC(N)CC1. The molecule has 2 fully saturated rings. The van der Waals surface area contributed by atoms with E-state index in [1.807, 2.05) is 0 Å². The first-order valence-electron chi connectivity index (χ1n) is 7.48. The number of likely N-dealkylation sites (N-methyl/N-ethyl adjacent to an activating group) is 1. The van der Waals surface area contributed by atoms with Crippen molar-refractivity contribution >= 4 is 0 Å². The minimum atomic E-state index is 0.440. The Labute approximate surface area is 111 Å². The van der Waals surface area contributed by atoms with Crippen LogP contribution in [0.15, 0.2) is 0 Å². The van der Waals surface area contributed by atoms with E-state index in [0.717, 1.165) is 45.1 Å². The van der Waals surface area contributed by atoms with Crippen LogP contribution in [0.1, 0.15) is 25.7 Å². The van der Waals surface area contributed by atoms with E-state index in [1.165, 1.54) is 32.5 Å². The summed E-state index contributed by atoms with van der Waals surface area (Å²) in [6.45, 7) is 7.59. The van der Waals surface area contributed by atoms with Gasteiger partial charge in [0.05, 0.1) is 6.61 Å². The van der Waals surface area contributed by atoms with Gasteiger partial charge in [0.2, 0.25) is 0 Å². The smallest absolute Gasteiger partial charge is 0.0593 e. The molecule has 2 N–H and O–H groups in total. The second-order valence-corrected chi connectivity index (χ2v) is 6.00. The first-order chi connectivity index (χ1) is 8.74. The van der Waals surface area contributed by atoms with Gasteiger partial charge in [0, 0.05) is 32.3 Å². The third-order valence-electron chi connectivity index (χ3n) is 4.10. The third-order valence-corrected chi connectivity index (χ3v) is 4.10. The van der Waals surface area contributed by atoms with Crippen molar-refractivity contribution in [1.29, 1.82) is 0 Å². The van der Waals surface area contributed by atoms with E-state index in [0.29, 0.717) is 6.04 Å². The van der Waals surface area contributed by atoms with Gasteiger partial charge >= 0.3 is 0 Å². The van der Waals surface area contributed by atoms with E-state index in [-0.39, 0.29) is 0 Å². The van der Waals surface area contributed by atoms with Gasteiger partial charge in [-0.25, -0.2) is 0 Å². The molecule has 1 saturated heterocycles. The van der Waals surface area contributed by atoms with Crippen LogP contribution < -0.4 is 5.73 Å². The van der Waals surface area contributed by atoms with E-state index in [4.69, 9.17) is 10.5 Å². The molecule has 0 aromatic rings. The molecule has 106 valence electrons. The highest BCUT2D eigenvalue weighted by atomic mass is 16.5. The molecule has 0 spiro atoms. The van der Waals surface area contributed by atoms with Crippen molar-refractivity contribution in [2.75, 3.05) is 53.0 Å². The molecular weight excluding hydrogens is 226 g/mol. The lowest BCUT2D eigenvalue weighted by atomic mass is 10.1. The molecule has 4 nitrogen and oxygen atoms in total. The van der Waals surface area contributed by atoms with Crippen molar-refractivity contribution < 1.29 is 4.74 Å². The number of hydrogen-bond donors (Lipinski definition) is 1. The van der Waals surface area contributed by atoms with Crippen LogP contribution >= 0.6 is 0 Å². The maximum Gasteiger partial charge on any atom is 0.0593 e. The summed E-state index contributed by atoms with van der Waals surface area (Å²) >= 11 is 0. The van der Waals surface area contributed by atoms with Crippen LogP contribution in [0.25, 0.3) is 0 Å². The number of piperidine rings is 1. The monoisotopic (exact) mass is 255 g/mol. The summed E-state index contributed by atoms with van der Waals surface area (Å²) < 4.78 is 5.66. The lowest BCUT2D eigenvalue weighted by molar-refractivity contribution is 0.0981. The summed E-state index contributed by atoms with van der Waals surface area (Å²) in [4.78, 5) is 4.91. The van der Waals surface area contributed by atoms with Gasteiger partial charge in [0.1, 0.15) is 0 Å². The normalized spacial score (nSPS) is 22.8. The molecule has 1 saturated carbocycles. The van der Waals surface area contributed by atoms with Crippen molar-refractivity contribution in [3.8, 4) is 0 Å². The average Bonchev–Trinajstić information content (AvgIpc) is 3.18. The molecule has 1 aliphatic carbocycles. The number of nitrogens with zero attached hydrogens (tertiary/aromatic N) is 2. The van der Waals surface area contributed by atoms with Crippen LogP contribution in [0.3, 0.4) is 0 Å². The van der Waals surface area contributed by atoms with Gasteiger partial charge in [0.15, 0.2) is 0 Å². The van der Waals surface area contributed by atoms with Crippen molar-refractivity contribution in [2.24, 2.45) is 11.7 Å². The minimum Gasteiger partial charge on any atom is -0.380 e. The number of rotatable bonds is 8. The molecule has 0 aromatic heterocycles. The Hall–Kier alpha value is -0.160. The molecule has 0 atom stereocenters. The van der Waals surface area contributed by atoms with Crippen molar-refractivity contribution in [3.05, 3.63) is 0 Å². The summed E-state index contributed by atoms with van der Waals surface area (Å²) in [6.07, 6.45) is 5.09. The van der Waals surface area contributed by atoms with Crippen LogP contribution in [0, 0.1) is 5.92 Å². The van der Waals surface area contributed by atoms with Gasteiger partial charge in [-0.3, -0.25) is 0 Å².